The molecule has 1 aliphatic rings. The zero-order chi connectivity index (χ0) is 14.0. The van der Waals surface area contributed by atoms with Crippen molar-refractivity contribution < 1.29 is 23.0 Å². The van der Waals surface area contributed by atoms with Crippen LogP contribution in [0, 0.1) is 0 Å². The van der Waals surface area contributed by atoms with Crippen molar-refractivity contribution in [2.75, 3.05) is 20.8 Å². The van der Waals surface area contributed by atoms with Gasteiger partial charge in [-0.3, -0.25) is 4.79 Å². The second-order valence-electron chi connectivity index (χ2n) is 4.29. The minimum atomic E-state index is -2.96. The molecule has 0 radical (unpaired) electrons. The topological polar surface area (TPSA) is 38.8 Å². The van der Waals surface area contributed by atoms with E-state index in [1.807, 2.05) is 6.07 Å². The van der Waals surface area contributed by atoms with Gasteiger partial charge in [0, 0.05) is 13.1 Å². The molecular formula is C13H15F2NO3. The molecule has 0 spiro atoms. The molecule has 1 aromatic carbocycles. The van der Waals surface area contributed by atoms with Crippen LogP contribution < -0.4 is 9.47 Å². The summed E-state index contributed by atoms with van der Waals surface area (Å²) >= 11 is 0. The summed E-state index contributed by atoms with van der Waals surface area (Å²) in [6.07, 6.45) is -2.42. The highest BCUT2D eigenvalue weighted by atomic mass is 19.3. The van der Waals surface area contributed by atoms with Gasteiger partial charge >= 0.3 is 6.43 Å². The van der Waals surface area contributed by atoms with Crippen LogP contribution in [0.15, 0.2) is 12.1 Å². The van der Waals surface area contributed by atoms with E-state index in [0.717, 1.165) is 11.1 Å². The minimum absolute atomic E-state index is 0.179. The summed E-state index contributed by atoms with van der Waals surface area (Å²) < 4.78 is 35.2. The molecular weight excluding hydrogens is 256 g/mol. The molecule has 1 aliphatic heterocycles. The van der Waals surface area contributed by atoms with Crippen molar-refractivity contribution in [3.63, 3.8) is 0 Å². The molecule has 1 heterocycles. The van der Waals surface area contributed by atoms with Crippen molar-refractivity contribution in [3.05, 3.63) is 23.3 Å². The summed E-state index contributed by atoms with van der Waals surface area (Å²) in [5.41, 5.74) is 1.81. The van der Waals surface area contributed by atoms with Crippen LogP contribution in [0.5, 0.6) is 11.5 Å². The van der Waals surface area contributed by atoms with E-state index in [9.17, 15) is 13.6 Å². The van der Waals surface area contributed by atoms with Gasteiger partial charge in [-0.05, 0) is 29.7 Å². The average Bonchev–Trinajstić information content (AvgIpc) is 2.44. The van der Waals surface area contributed by atoms with Gasteiger partial charge in [-0.2, -0.15) is 8.78 Å². The SMILES string of the molecule is COc1cc2c(cc1OC)CN(C(=O)C(F)F)CC2. The molecule has 0 atom stereocenters. The number of rotatable bonds is 3. The Morgan fingerprint density at radius 1 is 1.21 bits per heavy atom. The number of amides is 1. The number of alkyl halides is 2. The van der Waals surface area contributed by atoms with Gasteiger partial charge in [0.1, 0.15) is 0 Å². The van der Waals surface area contributed by atoms with Gasteiger partial charge in [0.2, 0.25) is 0 Å². The summed E-state index contributed by atoms with van der Waals surface area (Å²) in [6.45, 7) is 0.477. The third-order valence-corrected chi connectivity index (χ3v) is 3.22. The summed E-state index contributed by atoms with van der Waals surface area (Å²) in [6, 6.07) is 3.57. The van der Waals surface area contributed by atoms with Crippen LogP contribution in [0.1, 0.15) is 11.1 Å². The number of halogens is 2. The van der Waals surface area contributed by atoms with Crippen molar-refractivity contribution in [1.82, 2.24) is 4.90 Å². The molecule has 0 fully saturated rings. The van der Waals surface area contributed by atoms with Crippen molar-refractivity contribution in [2.45, 2.75) is 19.4 Å². The lowest BCUT2D eigenvalue weighted by Crippen LogP contribution is -2.39. The summed E-state index contributed by atoms with van der Waals surface area (Å²) in [5, 5.41) is 0. The lowest BCUT2D eigenvalue weighted by molar-refractivity contribution is -0.143. The zero-order valence-electron chi connectivity index (χ0n) is 10.8. The molecule has 1 amide bonds. The number of carbonyl (C=O) groups is 1. The van der Waals surface area contributed by atoms with E-state index in [1.54, 1.807) is 13.2 Å². The number of fused-ring (bicyclic) bond motifs is 1. The van der Waals surface area contributed by atoms with Crippen LogP contribution in [0.4, 0.5) is 8.78 Å². The number of hydrogen-bond acceptors (Lipinski definition) is 3. The second kappa shape index (κ2) is 5.42. The Morgan fingerprint density at radius 2 is 1.79 bits per heavy atom. The molecule has 6 heteroatoms. The molecule has 104 valence electrons. The average molecular weight is 271 g/mol. The third-order valence-electron chi connectivity index (χ3n) is 3.22. The van der Waals surface area contributed by atoms with E-state index < -0.39 is 12.3 Å². The van der Waals surface area contributed by atoms with Crippen LogP contribution in [0.3, 0.4) is 0 Å². The number of methoxy groups -OCH3 is 2. The van der Waals surface area contributed by atoms with Gasteiger partial charge in [0.25, 0.3) is 5.91 Å². The van der Waals surface area contributed by atoms with E-state index in [0.29, 0.717) is 24.5 Å². The van der Waals surface area contributed by atoms with Crippen LogP contribution in [0.25, 0.3) is 0 Å². The fraction of sp³-hybridized carbons (Fsp3) is 0.462. The Morgan fingerprint density at radius 3 is 2.32 bits per heavy atom. The highest BCUT2D eigenvalue weighted by molar-refractivity contribution is 5.79. The molecule has 0 aliphatic carbocycles. The molecule has 0 saturated heterocycles. The van der Waals surface area contributed by atoms with Crippen molar-refractivity contribution in [1.29, 1.82) is 0 Å². The van der Waals surface area contributed by atoms with E-state index in [1.165, 1.54) is 12.0 Å². The predicted octanol–water partition coefficient (Wildman–Crippen LogP) is 1.85. The Balaban J connectivity index is 2.27. The first-order valence-corrected chi connectivity index (χ1v) is 5.87. The largest absolute Gasteiger partial charge is 0.493 e. The highest BCUT2D eigenvalue weighted by Crippen LogP contribution is 2.33. The standard InChI is InChI=1S/C13H15F2NO3/c1-18-10-5-8-3-4-16(13(17)12(14)15)7-9(8)6-11(10)19-2/h5-6,12H,3-4,7H2,1-2H3. The number of hydrogen-bond donors (Lipinski definition) is 0. The monoisotopic (exact) mass is 271 g/mol. The Hall–Kier alpha value is -1.85. The second-order valence-corrected chi connectivity index (χ2v) is 4.29. The smallest absolute Gasteiger partial charge is 0.315 e. The summed E-state index contributed by atoms with van der Waals surface area (Å²) in [5.74, 6) is 0.0166. The Kier molecular flexibility index (Phi) is 3.87. The van der Waals surface area contributed by atoms with Gasteiger partial charge in [-0.25, -0.2) is 0 Å². The molecule has 2 rings (SSSR count). The maximum atomic E-state index is 12.4. The van der Waals surface area contributed by atoms with Crippen molar-refractivity contribution in [3.8, 4) is 11.5 Å². The van der Waals surface area contributed by atoms with Crippen molar-refractivity contribution in [2.24, 2.45) is 0 Å². The summed E-state index contributed by atoms with van der Waals surface area (Å²) in [7, 11) is 3.05. The molecule has 1 aromatic rings. The molecule has 4 nitrogen and oxygen atoms in total. The predicted molar refractivity (Wildman–Crippen MR) is 64.7 cm³/mol. The third kappa shape index (κ3) is 2.62. The van der Waals surface area contributed by atoms with Crippen molar-refractivity contribution >= 4 is 5.91 Å². The van der Waals surface area contributed by atoms with Gasteiger partial charge in [-0.1, -0.05) is 0 Å². The Labute approximate surface area is 109 Å². The van der Waals surface area contributed by atoms with E-state index in [-0.39, 0.29) is 6.54 Å². The molecule has 0 N–H and O–H groups in total. The number of nitrogens with zero attached hydrogens (tertiary/aromatic N) is 1. The first kappa shape index (κ1) is 13.6. The molecule has 19 heavy (non-hydrogen) atoms. The first-order valence-electron chi connectivity index (χ1n) is 5.87. The van der Waals surface area contributed by atoms with Gasteiger partial charge in [0.15, 0.2) is 11.5 Å². The highest BCUT2D eigenvalue weighted by Gasteiger charge is 2.27. The number of benzene rings is 1. The fourth-order valence-corrected chi connectivity index (χ4v) is 2.21. The fourth-order valence-electron chi connectivity index (χ4n) is 2.21. The maximum absolute atomic E-state index is 12.4. The molecule has 0 aromatic heterocycles. The summed E-state index contributed by atoms with van der Waals surface area (Å²) in [4.78, 5) is 12.5. The van der Waals surface area contributed by atoms with E-state index in [4.69, 9.17) is 9.47 Å². The molecule has 0 bridgehead atoms. The van der Waals surface area contributed by atoms with Crippen LogP contribution in [-0.4, -0.2) is 38.0 Å². The lowest BCUT2D eigenvalue weighted by Gasteiger charge is -2.29. The molecule has 0 saturated carbocycles. The van der Waals surface area contributed by atoms with Crippen LogP contribution in [-0.2, 0) is 17.8 Å². The zero-order valence-corrected chi connectivity index (χ0v) is 10.8. The van der Waals surface area contributed by atoms with Gasteiger partial charge < -0.3 is 14.4 Å². The van der Waals surface area contributed by atoms with Crippen LogP contribution in [0.2, 0.25) is 0 Å². The Bertz CT molecular complexity index is 491. The number of carbonyl (C=O) groups excluding carboxylic acids is 1. The maximum Gasteiger partial charge on any atom is 0.315 e. The number of ether oxygens (including phenoxy) is 2. The minimum Gasteiger partial charge on any atom is -0.493 e. The quantitative estimate of drug-likeness (QED) is 0.842. The van der Waals surface area contributed by atoms with Gasteiger partial charge in [-0.15, -0.1) is 0 Å². The van der Waals surface area contributed by atoms with E-state index in [2.05, 4.69) is 0 Å². The van der Waals surface area contributed by atoms with Gasteiger partial charge in [0.05, 0.1) is 14.2 Å². The molecule has 0 unspecified atom stereocenters. The van der Waals surface area contributed by atoms with Crippen LogP contribution >= 0.6 is 0 Å². The van der Waals surface area contributed by atoms with E-state index >= 15 is 0 Å². The normalized spacial score (nSPS) is 14.3. The first-order chi connectivity index (χ1) is 9.06. The lowest BCUT2D eigenvalue weighted by atomic mass is 9.99.